The second kappa shape index (κ2) is 6.55. The lowest BCUT2D eigenvalue weighted by atomic mass is 10.6. The Bertz CT molecular complexity index is 198. The smallest absolute Gasteiger partial charge is 0.261 e. The molecule has 0 aromatic carbocycles. The first-order chi connectivity index (χ1) is 4.41. The minimum absolute atomic E-state index is 0.0174. The number of hydrogen-bond donors (Lipinski definition) is 2. The largest absolute Gasteiger partial charge is 0.384 e. The van der Waals surface area contributed by atoms with Gasteiger partial charge >= 0.3 is 0 Å². The molecule has 0 rings (SSSR count). The highest BCUT2D eigenvalue weighted by molar-refractivity contribution is 7.85. The van der Waals surface area contributed by atoms with Gasteiger partial charge in [-0.25, -0.2) is 0 Å². The van der Waals surface area contributed by atoms with E-state index in [1.165, 1.54) is 0 Å². The maximum absolute atomic E-state index is 9.19. The van der Waals surface area contributed by atoms with Gasteiger partial charge in [-0.1, -0.05) is 5.92 Å². The van der Waals surface area contributed by atoms with Crippen molar-refractivity contribution in [3.8, 4) is 11.8 Å². The molecule has 0 aromatic rings. The Hall–Kier alpha value is -0.570. The Morgan fingerprint density at radius 2 is 1.80 bits per heavy atom. The molecule has 2 N–H and O–H groups in total. The van der Waals surface area contributed by atoms with Crippen LogP contribution in [0.3, 0.4) is 0 Å². The van der Waals surface area contributed by atoms with E-state index in [2.05, 4.69) is 11.8 Å². The molecule has 0 amide bonds. The Balaban J connectivity index is 0. The van der Waals surface area contributed by atoms with Crippen LogP contribution in [-0.2, 0) is 10.1 Å². The van der Waals surface area contributed by atoms with Gasteiger partial charge in [-0.05, 0) is 6.92 Å². The molecule has 60 valence electrons. The lowest BCUT2D eigenvalue weighted by Crippen LogP contribution is -1.88. The molecule has 0 aliphatic carbocycles. The predicted molar refractivity (Wildman–Crippen MR) is 38.0 cm³/mol. The van der Waals surface area contributed by atoms with Gasteiger partial charge in [-0.15, -0.1) is 5.92 Å². The van der Waals surface area contributed by atoms with Crippen molar-refractivity contribution in [2.45, 2.75) is 6.92 Å². The van der Waals surface area contributed by atoms with Crippen LogP contribution in [-0.4, -0.2) is 30.9 Å². The molecule has 10 heavy (non-hydrogen) atoms. The van der Waals surface area contributed by atoms with Crippen molar-refractivity contribution >= 4 is 10.1 Å². The molecule has 0 aliphatic rings. The highest BCUT2D eigenvalue weighted by Gasteiger charge is 1.81. The number of hydrogen-bond acceptors (Lipinski definition) is 3. The minimum atomic E-state index is -3.67. The second-order valence-electron chi connectivity index (χ2n) is 1.32. The van der Waals surface area contributed by atoms with Crippen LogP contribution in [0.25, 0.3) is 0 Å². The zero-order valence-corrected chi connectivity index (χ0v) is 6.64. The molecule has 0 radical (unpaired) electrons. The van der Waals surface area contributed by atoms with Gasteiger partial charge in [-0.2, -0.15) is 8.42 Å². The van der Waals surface area contributed by atoms with E-state index in [4.69, 9.17) is 9.66 Å². The van der Waals surface area contributed by atoms with Crippen LogP contribution in [0.4, 0.5) is 0 Å². The molecule has 0 unspecified atom stereocenters. The summed E-state index contributed by atoms with van der Waals surface area (Å²) in [6.45, 7) is 1.67. The Morgan fingerprint density at radius 1 is 1.50 bits per heavy atom. The second-order valence-corrected chi connectivity index (χ2v) is 2.78. The maximum Gasteiger partial charge on any atom is 0.261 e. The van der Waals surface area contributed by atoms with Gasteiger partial charge in [-0.3, -0.25) is 4.55 Å². The Morgan fingerprint density at radius 3 is 1.80 bits per heavy atom. The molecule has 0 aliphatic heterocycles. The lowest BCUT2D eigenvalue weighted by Gasteiger charge is -1.69. The molecule has 0 saturated heterocycles. The van der Waals surface area contributed by atoms with E-state index in [0.29, 0.717) is 6.26 Å². The van der Waals surface area contributed by atoms with Crippen molar-refractivity contribution < 1.29 is 18.1 Å². The minimum Gasteiger partial charge on any atom is -0.384 e. The van der Waals surface area contributed by atoms with Crippen LogP contribution in [0.15, 0.2) is 0 Å². The van der Waals surface area contributed by atoms with Gasteiger partial charge in [0, 0.05) is 0 Å². The SMILES string of the molecule is CC#CCO.CS(=O)(=O)O. The summed E-state index contributed by atoms with van der Waals surface area (Å²) >= 11 is 0. The normalized spacial score (nSPS) is 8.40. The van der Waals surface area contributed by atoms with Crippen molar-refractivity contribution in [2.75, 3.05) is 12.9 Å². The van der Waals surface area contributed by atoms with Crippen LogP contribution in [0.1, 0.15) is 6.92 Å². The van der Waals surface area contributed by atoms with Gasteiger partial charge in [0.25, 0.3) is 10.1 Å². The summed E-state index contributed by atoms with van der Waals surface area (Å²) in [4.78, 5) is 0. The average Bonchev–Trinajstić information content (AvgIpc) is 1.63. The molecule has 5 heteroatoms. The van der Waals surface area contributed by atoms with Crippen LogP contribution in [0.2, 0.25) is 0 Å². The fourth-order valence-corrected chi connectivity index (χ4v) is 0.0791. The van der Waals surface area contributed by atoms with Crippen LogP contribution < -0.4 is 0 Å². The summed E-state index contributed by atoms with van der Waals surface area (Å²) in [5.74, 6) is 4.93. The third-order valence-electron chi connectivity index (χ3n) is 0.256. The molecule has 0 spiro atoms. The van der Waals surface area contributed by atoms with E-state index in [-0.39, 0.29) is 6.61 Å². The monoisotopic (exact) mass is 166 g/mol. The van der Waals surface area contributed by atoms with Gasteiger partial charge in [0.15, 0.2) is 0 Å². The number of rotatable bonds is 0. The van der Waals surface area contributed by atoms with E-state index in [9.17, 15) is 8.42 Å². The van der Waals surface area contributed by atoms with E-state index in [0.717, 1.165) is 0 Å². The zero-order chi connectivity index (χ0) is 8.62. The van der Waals surface area contributed by atoms with Gasteiger partial charge in [0.2, 0.25) is 0 Å². The summed E-state index contributed by atoms with van der Waals surface area (Å²) in [5.41, 5.74) is 0. The Kier molecular flexibility index (Phi) is 7.95. The van der Waals surface area contributed by atoms with Crippen LogP contribution in [0, 0.1) is 11.8 Å². The molecule has 0 atom stereocenters. The summed E-state index contributed by atoms with van der Waals surface area (Å²) < 4.78 is 25.9. The highest BCUT2D eigenvalue weighted by Crippen LogP contribution is 1.60. The van der Waals surface area contributed by atoms with Crippen molar-refractivity contribution in [1.29, 1.82) is 0 Å². The fourth-order valence-electron chi connectivity index (χ4n) is 0.0791. The zero-order valence-electron chi connectivity index (χ0n) is 5.83. The van der Waals surface area contributed by atoms with E-state index < -0.39 is 10.1 Å². The van der Waals surface area contributed by atoms with Crippen molar-refractivity contribution in [3.63, 3.8) is 0 Å². The number of aliphatic hydroxyl groups is 1. The Labute approximate surface area is 60.6 Å². The van der Waals surface area contributed by atoms with Gasteiger partial charge in [0.1, 0.15) is 6.61 Å². The average molecular weight is 166 g/mol. The van der Waals surface area contributed by atoms with Crippen molar-refractivity contribution in [1.82, 2.24) is 0 Å². The molecule has 0 saturated carbocycles. The highest BCUT2D eigenvalue weighted by atomic mass is 32.2. The molecular weight excluding hydrogens is 156 g/mol. The quantitative estimate of drug-likeness (QED) is 0.376. The van der Waals surface area contributed by atoms with Crippen molar-refractivity contribution in [3.05, 3.63) is 0 Å². The summed E-state index contributed by atoms with van der Waals surface area (Å²) in [5, 5.41) is 7.89. The first kappa shape index (κ1) is 12.1. The van der Waals surface area contributed by atoms with E-state index >= 15 is 0 Å². The molecule has 0 bridgehead atoms. The maximum atomic E-state index is 9.19. The van der Waals surface area contributed by atoms with E-state index in [1.807, 2.05) is 0 Å². The first-order valence-electron chi connectivity index (χ1n) is 2.34. The molecule has 0 heterocycles. The lowest BCUT2D eigenvalue weighted by molar-refractivity contribution is 0.350. The predicted octanol–water partition coefficient (Wildman–Crippen LogP) is -0.494. The summed E-state index contributed by atoms with van der Waals surface area (Å²) in [7, 11) is -3.67. The van der Waals surface area contributed by atoms with Crippen LogP contribution >= 0.6 is 0 Å². The van der Waals surface area contributed by atoms with Gasteiger partial charge in [0.05, 0.1) is 6.26 Å². The molecule has 4 nitrogen and oxygen atoms in total. The molecular formula is C5H10O4S. The topological polar surface area (TPSA) is 74.6 Å². The fraction of sp³-hybridized carbons (Fsp3) is 0.600. The van der Waals surface area contributed by atoms with E-state index in [1.54, 1.807) is 6.92 Å². The molecule has 0 aromatic heterocycles. The van der Waals surface area contributed by atoms with Crippen molar-refractivity contribution in [2.24, 2.45) is 0 Å². The third kappa shape index (κ3) is 150. The van der Waals surface area contributed by atoms with Gasteiger partial charge < -0.3 is 5.11 Å². The summed E-state index contributed by atoms with van der Waals surface area (Å²) in [6, 6.07) is 0. The first-order valence-corrected chi connectivity index (χ1v) is 4.19. The number of aliphatic hydroxyl groups excluding tert-OH is 1. The standard InChI is InChI=1S/C4H6O.CH4O3S/c1-2-3-4-5;1-5(2,3)4/h5H,4H2,1H3;1H3,(H,2,3,4). The third-order valence-corrected chi connectivity index (χ3v) is 0.256. The van der Waals surface area contributed by atoms with Crippen LogP contribution in [0.5, 0.6) is 0 Å². The molecule has 0 fully saturated rings. The summed E-state index contributed by atoms with van der Waals surface area (Å²) in [6.07, 6.45) is 0.715.